The van der Waals surface area contributed by atoms with Gasteiger partial charge in [-0.05, 0) is 73.9 Å². The molecule has 1 N–H and O–H groups in total. The van der Waals surface area contributed by atoms with Crippen LogP contribution >= 0.6 is 0 Å². The van der Waals surface area contributed by atoms with E-state index in [0.29, 0.717) is 18.5 Å². The molecule has 3 rings (SSSR count). The number of carbonyl (C=O) groups excluding carboxylic acids is 2. The summed E-state index contributed by atoms with van der Waals surface area (Å²) in [4.78, 5) is 28.2. The van der Waals surface area contributed by atoms with Crippen LogP contribution in [0, 0.1) is 18.6 Å². The van der Waals surface area contributed by atoms with Gasteiger partial charge < -0.3 is 10.2 Å². The second-order valence-electron chi connectivity index (χ2n) is 9.16. The number of halogens is 2. The molecule has 0 saturated heterocycles. The molecule has 208 valence electrons. The predicted molar refractivity (Wildman–Crippen MR) is 146 cm³/mol. The standard InChI is InChI=1S/C29H33F2N3O4S/c1-4-18-32-29(36)27(5-2)33(19-22-8-10-23(30)11-9-22)28(35)20-34(25-14-12-24(31)13-15-25)39(37,38)26-16-6-21(3)7-17-26/h6-17,27H,4-5,18-20H2,1-3H3,(H,32,36)/t27-/m1/s1. The van der Waals surface area contributed by atoms with Crippen molar-refractivity contribution in [1.82, 2.24) is 10.2 Å². The number of nitrogens with zero attached hydrogens (tertiary/aromatic N) is 2. The highest BCUT2D eigenvalue weighted by Gasteiger charge is 2.33. The van der Waals surface area contributed by atoms with E-state index in [2.05, 4.69) is 5.32 Å². The quantitative estimate of drug-likeness (QED) is 0.347. The maximum absolute atomic E-state index is 13.9. The van der Waals surface area contributed by atoms with Crippen LogP contribution in [-0.4, -0.2) is 44.3 Å². The van der Waals surface area contributed by atoms with E-state index >= 15 is 0 Å². The SMILES string of the molecule is CCCNC(=O)[C@@H](CC)N(Cc1ccc(F)cc1)C(=O)CN(c1ccc(F)cc1)S(=O)(=O)c1ccc(C)cc1. The maximum Gasteiger partial charge on any atom is 0.264 e. The van der Waals surface area contributed by atoms with Gasteiger partial charge in [0.25, 0.3) is 10.0 Å². The van der Waals surface area contributed by atoms with Crippen LogP contribution in [0.5, 0.6) is 0 Å². The summed E-state index contributed by atoms with van der Waals surface area (Å²) in [7, 11) is -4.24. The van der Waals surface area contributed by atoms with Gasteiger partial charge in [-0.15, -0.1) is 0 Å². The van der Waals surface area contributed by atoms with Gasteiger partial charge in [0.05, 0.1) is 10.6 Å². The van der Waals surface area contributed by atoms with Crippen molar-refractivity contribution in [3.63, 3.8) is 0 Å². The molecule has 0 aromatic heterocycles. The van der Waals surface area contributed by atoms with Crippen LogP contribution in [0.4, 0.5) is 14.5 Å². The average molecular weight is 558 g/mol. The molecule has 0 fully saturated rings. The number of benzene rings is 3. The van der Waals surface area contributed by atoms with Crippen LogP contribution in [0.3, 0.4) is 0 Å². The maximum atomic E-state index is 13.9. The summed E-state index contributed by atoms with van der Waals surface area (Å²) in [5.74, 6) is -2.02. The minimum atomic E-state index is -4.24. The zero-order valence-electron chi connectivity index (χ0n) is 22.2. The molecule has 0 spiro atoms. The van der Waals surface area contributed by atoms with Crippen LogP contribution in [0.1, 0.15) is 37.8 Å². The molecule has 0 aliphatic heterocycles. The second kappa shape index (κ2) is 13.3. The number of aryl methyl sites for hydroxylation is 1. The molecular formula is C29H33F2N3O4S. The highest BCUT2D eigenvalue weighted by Crippen LogP contribution is 2.25. The second-order valence-corrected chi connectivity index (χ2v) is 11.0. The molecule has 1 atom stereocenters. The number of rotatable bonds is 12. The number of sulfonamides is 1. The van der Waals surface area contributed by atoms with E-state index in [1.165, 1.54) is 53.4 Å². The summed E-state index contributed by atoms with van der Waals surface area (Å²) in [5, 5.41) is 2.80. The number of carbonyl (C=O) groups is 2. The first-order valence-corrected chi connectivity index (χ1v) is 14.2. The lowest BCUT2D eigenvalue weighted by molar-refractivity contribution is -0.140. The fourth-order valence-electron chi connectivity index (χ4n) is 4.05. The van der Waals surface area contributed by atoms with Crippen LogP contribution in [0.25, 0.3) is 0 Å². The molecule has 39 heavy (non-hydrogen) atoms. The van der Waals surface area contributed by atoms with Crippen molar-refractivity contribution in [2.24, 2.45) is 0 Å². The molecule has 0 aliphatic rings. The summed E-state index contributed by atoms with van der Waals surface area (Å²) in [6.07, 6.45) is 0.963. The van der Waals surface area contributed by atoms with Gasteiger partial charge in [-0.3, -0.25) is 13.9 Å². The van der Waals surface area contributed by atoms with Crippen molar-refractivity contribution in [3.05, 3.63) is 95.6 Å². The molecule has 0 aliphatic carbocycles. The fraction of sp³-hybridized carbons (Fsp3) is 0.310. The highest BCUT2D eigenvalue weighted by molar-refractivity contribution is 7.92. The third-order valence-corrected chi connectivity index (χ3v) is 7.99. The molecule has 0 unspecified atom stereocenters. The highest BCUT2D eigenvalue weighted by atomic mass is 32.2. The van der Waals surface area contributed by atoms with Crippen LogP contribution in [0.15, 0.2) is 77.7 Å². The summed E-state index contributed by atoms with van der Waals surface area (Å²) < 4.78 is 55.6. The number of nitrogens with one attached hydrogen (secondary N) is 1. The molecule has 3 aromatic rings. The fourth-order valence-corrected chi connectivity index (χ4v) is 5.46. The van der Waals surface area contributed by atoms with Crippen LogP contribution in [0.2, 0.25) is 0 Å². The molecular weight excluding hydrogens is 524 g/mol. The van der Waals surface area contributed by atoms with Gasteiger partial charge in [0.1, 0.15) is 24.2 Å². The first-order valence-electron chi connectivity index (χ1n) is 12.7. The monoisotopic (exact) mass is 557 g/mol. The topological polar surface area (TPSA) is 86.8 Å². The normalized spacial score (nSPS) is 12.0. The average Bonchev–Trinajstić information content (AvgIpc) is 2.92. The van der Waals surface area contributed by atoms with E-state index < -0.39 is 40.2 Å². The Morgan fingerprint density at radius 1 is 0.872 bits per heavy atom. The van der Waals surface area contributed by atoms with E-state index in [1.807, 2.05) is 13.8 Å². The molecule has 0 bridgehead atoms. The van der Waals surface area contributed by atoms with E-state index in [1.54, 1.807) is 19.1 Å². The Morgan fingerprint density at radius 3 is 1.97 bits per heavy atom. The third-order valence-electron chi connectivity index (χ3n) is 6.20. The van der Waals surface area contributed by atoms with E-state index in [-0.39, 0.29) is 29.5 Å². The van der Waals surface area contributed by atoms with Gasteiger partial charge in [-0.25, -0.2) is 17.2 Å². The first kappa shape index (κ1) is 29.8. The number of amides is 2. The lowest BCUT2D eigenvalue weighted by Gasteiger charge is -2.33. The van der Waals surface area contributed by atoms with Crippen molar-refractivity contribution in [2.75, 3.05) is 17.4 Å². The molecule has 2 amide bonds. The van der Waals surface area contributed by atoms with Crippen molar-refractivity contribution in [1.29, 1.82) is 0 Å². The molecule has 0 saturated carbocycles. The Bertz CT molecular complexity index is 1360. The Morgan fingerprint density at radius 2 is 1.44 bits per heavy atom. The van der Waals surface area contributed by atoms with Gasteiger partial charge >= 0.3 is 0 Å². The zero-order chi connectivity index (χ0) is 28.6. The van der Waals surface area contributed by atoms with E-state index in [0.717, 1.165) is 22.0 Å². The largest absolute Gasteiger partial charge is 0.354 e. The van der Waals surface area contributed by atoms with E-state index in [9.17, 15) is 26.8 Å². The smallest absolute Gasteiger partial charge is 0.264 e. The van der Waals surface area contributed by atoms with Gasteiger partial charge in [-0.1, -0.05) is 43.7 Å². The van der Waals surface area contributed by atoms with Gasteiger partial charge in [0.2, 0.25) is 11.8 Å². The molecule has 10 heteroatoms. The van der Waals surface area contributed by atoms with Gasteiger partial charge in [0.15, 0.2) is 0 Å². The lowest BCUT2D eigenvalue weighted by Crippen LogP contribution is -2.52. The molecule has 7 nitrogen and oxygen atoms in total. The Labute approximate surface area is 228 Å². The summed E-state index contributed by atoms with van der Waals surface area (Å²) >= 11 is 0. The minimum absolute atomic E-state index is 0.0389. The Kier molecular flexibility index (Phi) is 10.2. The molecule has 0 radical (unpaired) electrons. The number of hydrogen-bond donors (Lipinski definition) is 1. The van der Waals surface area contributed by atoms with Crippen molar-refractivity contribution in [3.8, 4) is 0 Å². The lowest BCUT2D eigenvalue weighted by atomic mass is 10.1. The summed E-state index contributed by atoms with van der Waals surface area (Å²) in [6, 6.07) is 15.6. The summed E-state index contributed by atoms with van der Waals surface area (Å²) in [6.45, 7) is 5.21. The van der Waals surface area contributed by atoms with Crippen molar-refractivity contribution < 1.29 is 26.8 Å². The van der Waals surface area contributed by atoms with Crippen LogP contribution in [-0.2, 0) is 26.2 Å². The minimum Gasteiger partial charge on any atom is -0.354 e. The number of hydrogen-bond acceptors (Lipinski definition) is 4. The summed E-state index contributed by atoms with van der Waals surface area (Å²) in [5.41, 5.74) is 1.52. The molecule has 3 aromatic carbocycles. The first-order chi connectivity index (χ1) is 18.6. The van der Waals surface area contributed by atoms with Gasteiger partial charge in [0, 0.05) is 13.1 Å². The number of anilines is 1. The van der Waals surface area contributed by atoms with Gasteiger partial charge in [-0.2, -0.15) is 0 Å². The third kappa shape index (κ3) is 7.63. The zero-order valence-corrected chi connectivity index (χ0v) is 23.0. The Balaban J connectivity index is 2.03. The Hall–Kier alpha value is -3.79. The van der Waals surface area contributed by atoms with E-state index in [4.69, 9.17) is 0 Å². The van der Waals surface area contributed by atoms with Crippen LogP contribution < -0.4 is 9.62 Å². The predicted octanol–water partition coefficient (Wildman–Crippen LogP) is 4.80. The molecule has 0 heterocycles. The van der Waals surface area contributed by atoms with Crippen molar-refractivity contribution in [2.45, 2.75) is 51.1 Å². The van der Waals surface area contributed by atoms with Crippen molar-refractivity contribution >= 4 is 27.5 Å².